The molecule has 1 aliphatic heterocycles. The van der Waals surface area contributed by atoms with Crippen molar-refractivity contribution in [3.63, 3.8) is 0 Å². The van der Waals surface area contributed by atoms with Crippen molar-refractivity contribution in [1.82, 2.24) is 4.90 Å². The van der Waals surface area contributed by atoms with E-state index in [9.17, 15) is 44.6 Å². The molecular weight excluding hydrogens is 553 g/mol. The van der Waals surface area contributed by atoms with Crippen molar-refractivity contribution in [1.29, 1.82) is 0 Å². The summed E-state index contributed by atoms with van der Waals surface area (Å²) in [5.41, 5.74) is -2.75. The predicted octanol–water partition coefficient (Wildman–Crippen LogP) is 7.77. The van der Waals surface area contributed by atoms with Crippen molar-refractivity contribution in [3.05, 3.63) is 101 Å². The number of piperidine rings is 1. The molecule has 1 heterocycles. The molecule has 12 heteroatoms. The monoisotopic (exact) mass is 577 g/mol. The standard InChI is InChI=1S/C28H24F9NO2/c29-26(30,31)22-7-3-19(4-8-22)25(39,20-5-9-23(10-6-20)27(32,33)34)21-13-15-38(16-14-21)17-18-1-11-24(12-2-18)40-28(35,36)37/h1-12,21,39H,13-17H2. The van der Waals surface area contributed by atoms with Gasteiger partial charge in [-0.2, -0.15) is 26.3 Å². The van der Waals surface area contributed by atoms with E-state index in [2.05, 4.69) is 4.74 Å². The normalized spacial score (nSPS) is 16.2. The Kier molecular flexibility index (Phi) is 8.15. The first kappa shape index (κ1) is 29.7. The Bertz CT molecular complexity index is 1200. The maximum absolute atomic E-state index is 13.1. The highest BCUT2D eigenvalue weighted by Crippen LogP contribution is 2.44. The third kappa shape index (κ3) is 6.90. The number of benzene rings is 3. The Morgan fingerprint density at radius 3 is 1.40 bits per heavy atom. The Labute approximate surface area is 223 Å². The van der Waals surface area contributed by atoms with Gasteiger partial charge in [-0.3, -0.25) is 4.90 Å². The average molecular weight is 577 g/mol. The first-order valence-corrected chi connectivity index (χ1v) is 12.2. The summed E-state index contributed by atoms with van der Waals surface area (Å²) in [6.07, 6.45) is -13.3. The fourth-order valence-corrected chi connectivity index (χ4v) is 5.03. The zero-order valence-electron chi connectivity index (χ0n) is 20.7. The van der Waals surface area contributed by atoms with Gasteiger partial charge in [0.1, 0.15) is 11.4 Å². The Balaban J connectivity index is 1.54. The molecule has 0 atom stereocenters. The van der Waals surface area contributed by atoms with Crippen molar-refractivity contribution < 1.29 is 49.4 Å². The lowest BCUT2D eigenvalue weighted by atomic mass is 9.71. The molecule has 3 nitrogen and oxygen atoms in total. The minimum Gasteiger partial charge on any atom is -0.406 e. The molecule has 0 saturated carbocycles. The van der Waals surface area contributed by atoms with Gasteiger partial charge in [0.25, 0.3) is 0 Å². The molecule has 40 heavy (non-hydrogen) atoms. The maximum atomic E-state index is 13.1. The molecule has 0 bridgehead atoms. The van der Waals surface area contributed by atoms with Gasteiger partial charge in [-0.25, -0.2) is 0 Å². The molecule has 0 unspecified atom stereocenters. The number of likely N-dealkylation sites (tertiary alicyclic amines) is 1. The number of halogens is 9. The lowest BCUT2D eigenvalue weighted by molar-refractivity contribution is -0.274. The van der Waals surface area contributed by atoms with Crippen LogP contribution in [0.5, 0.6) is 5.75 Å². The largest absolute Gasteiger partial charge is 0.573 e. The molecule has 1 fully saturated rings. The first-order chi connectivity index (χ1) is 18.6. The summed E-state index contributed by atoms with van der Waals surface area (Å²) < 4.78 is 120. The van der Waals surface area contributed by atoms with E-state index >= 15 is 0 Å². The molecule has 216 valence electrons. The second-order valence-electron chi connectivity index (χ2n) is 9.66. The fourth-order valence-electron chi connectivity index (χ4n) is 5.03. The van der Waals surface area contributed by atoms with Crippen LogP contribution in [-0.2, 0) is 24.5 Å². The molecule has 0 radical (unpaired) electrons. The van der Waals surface area contributed by atoms with Crippen molar-refractivity contribution >= 4 is 0 Å². The third-order valence-corrected chi connectivity index (χ3v) is 7.05. The second kappa shape index (κ2) is 11.0. The molecule has 1 aliphatic rings. The summed E-state index contributed by atoms with van der Waals surface area (Å²) in [4.78, 5) is 2.00. The van der Waals surface area contributed by atoms with Crippen LogP contribution in [0.15, 0.2) is 72.8 Å². The molecule has 0 amide bonds. The van der Waals surface area contributed by atoms with Gasteiger partial charge in [0.15, 0.2) is 0 Å². The van der Waals surface area contributed by atoms with Crippen LogP contribution >= 0.6 is 0 Å². The Hall–Kier alpha value is -3.25. The van der Waals surface area contributed by atoms with Crippen molar-refractivity contribution in [2.45, 2.75) is 43.7 Å². The van der Waals surface area contributed by atoms with Gasteiger partial charge >= 0.3 is 18.7 Å². The first-order valence-electron chi connectivity index (χ1n) is 12.2. The SMILES string of the molecule is OC(c1ccc(C(F)(F)F)cc1)(c1ccc(C(F)(F)F)cc1)C1CCN(Cc2ccc(OC(F)(F)F)cc2)CC1. The number of hydrogen-bond donors (Lipinski definition) is 1. The maximum Gasteiger partial charge on any atom is 0.573 e. The van der Waals surface area contributed by atoms with E-state index in [-0.39, 0.29) is 16.9 Å². The lowest BCUT2D eigenvalue weighted by Gasteiger charge is -2.42. The number of rotatable bonds is 6. The molecule has 3 aromatic rings. The van der Waals surface area contributed by atoms with Gasteiger partial charge in [0.2, 0.25) is 0 Å². The summed E-state index contributed by atoms with van der Waals surface area (Å²) in [6, 6.07) is 13.2. The van der Waals surface area contributed by atoms with Gasteiger partial charge < -0.3 is 9.84 Å². The van der Waals surface area contributed by atoms with E-state index in [4.69, 9.17) is 0 Å². The van der Waals surface area contributed by atoms with Crippen LogP contribution in [0.4, 0.5) is 39.5 Å². The van der Waals surface area contributed by atoms with E-state index in [0.29, 0.717) is 38.0 Å². The molecule has 0 aliphatic carbocycles. The van der Waals surface area contributed by atoms with E-state index in [1.165, 1.54) is 24.3 Å². The number of ether oxygens (including phenoxy) is 1. The molecule has 0 aromatic heterocycles. The van der Waals surface area contributed by atoms with Gasteiger partial charge in [0, 0.05) is 6.54 Å². The summed E-state index contributed by atoms with van der Waals surface area (Å²) in [5.74, 6) is -0.895. The van der Waals surface area contributed by atoms with Crippen molar-refractivity contribution in [2.24, 2.45) is 5.92 Å². The molecule has 0 spiro atoms. The van der Waals surface area contributed by atoms with Gasteiger partial charge in [-0.15, -0.1) is 13.2 Å². The number of hydrogen-bond acceptors (Lipinski definition) is 3. The summed E-state index contributed by atoms with van der Waals surface area (Å²) in [5, 5.41) is 12.0. The fraction of sp³-hybridized carbons (Fsp3) is 0.357. The highest BCUT2D eigenvalue weighted by molar-refractivity contribution is 5.40. The smallest absolute Gasteiger partial charge is 0.406 e. The van der Waals surface area contributed by atoms with E-state index in [0.717, 1.165) is 48.5 Å². The lowest BCUT2D eigenvalue weighted by Crippen LogP contribution is -2.44. The Morgan fingerprint density at radius 1 is 0.625 bits per heavy atom. The molecule has 4 rings (SSSR count). The summed E-state index contributed by atoms with van der Waals surface area (Å²) in [6.45, 7) is 1.24. The van der Waals surface area contributed by atoms with Crippen LogP contribution in [0.25, 0.3) is 0 Å². The zero-order valence-corrected chi connectivity index (χ0v) is 20.7. The van der Waals surface area contributed by atoms with E-state index in [1.807, 2.05) is 4.90 Å². The topological polar surface area (TPSA) is 32.7 Å². The minimum absolute atomic E-state index is 0.124. The second-order valence-corrected chi connectivity index (χ2v) is 9.66. The van der Waals surface area contributed by atoms with Crippen LogP contribution < -0.4 is 4.74 Å². The van der Waals surface area contributed by atoms with Gasteiger partial charge in [-0.1, -0.05) is 36.4 Å². The summed E-state index contributed by atoms with van der Waals surface area (Å²) in [7, 11) is 0. The van der Waals surface area contributed by atoms with Crippen LogP contribution in [0, 0.1) is 5.92 Å². The number of aliphatic hydroxyl groups is 1. The average Bonchev–Trinajstić information content (AvgIpc) is 2.88. The van der Waals surface area contributed by atoms with Crippen LogP contribution in [0.1, 0.15) is 40.7 Å². The molecule has 1 N–H and O–H groups in total. The molecule has 3 aromatic carbocycles. The summed E-state index contributed by atoms with van der Waals surface area (Å²) >= 11 is 0. The quantitative estimate of drug-likeness (QED) is 0.304. The molecular formula is C28H24F9NO2. The number of nitrogens with zero attached hydrogens (tertiary/aromatic N) is 1. The minimum atomic E-state index is -4.81. The van der Waals surface area contributed by atoms with Gasteiger partial charge in [-0.05, 0) is 84.9 Å². The Morgan fingerprint density at radius 2 is 1.02 bits per heavy atom. The van der Waals surface area contributed by atoms with Crippen LogP contribution in [-0.4, -0.2) is 29.5 Å². The predicted molar refractivity (Wildman–Crippen MR) is 127 cm³/mol. The van der Waals surface area contributed by atoms with Crippen LogP contribution in [0.2, 0.25) is 0 Å². The number of alkyl halides is 9. The van der Waals surface area contributed by atoms with Crippen LogP contribution in [0.3, 0.4) is 0 Å². The van der Waals surface area contributed by atoms with Gasteiger partial charge in [0.05, 0.1) is 11.1 Å². The third-order valence-electron chi connectivity index (χ3n) is 7.05. The zero-order chi connectivity index (χ0) is 29.3. The highest BCUT2D eigenvalue weighted by atomic mass is 19.4. The van der Waals surface area contributed by atoms with E-state index < -0.39 is 41.4 Å². The van der Waals surface area contributed by atoms with Crippen molar-refractivity contribution in [2.75, 3.05) is 13.1 Å². The van der Waals surface area contributed by atoms with Crippen molar-refractivity contribution in [3.8, 4) is 5.75 Å². The molecule has 1 saturated heterocycles. The highest BCUT2D eigenvalue weighted by Gasteiger charge is 2.43. The van der Waals surface area contributed by atoms with E-state index in [1.54, 1.807) is 0 Å².